The Balaban J connectivity index is 1.75. The Kier molecular flexibility index (Phi) is 6.18. The molecule has 1 N–H and O–H groups in total. The molecule has 3 rings (SSSR count). The maximum atomic E-state index is 12.9. The van der Waals surface area contributed by atoms with Crippen molar-refractivity contribution in [2.75, 3.05) is 26.1 Å². The molecule has 1 fully saturated rings. The molecule has 2 aromatic carbocycles. The lowest BCUT2D eigenvalue weighted by Gasteiger charge is -2.12. The standard InChI is InChI=1S/C20H17FN2O5S/c1-27-15-5-3-4-12(18(15)28-2)10-16-19(25)23(20(26)29-16)11-17(24)22-14-8-6-13(21)7-9-14/h3-10H,11H2,1-2H3,(H,22,24)/b16-10-. The summed E-state index contributed by atoms with van der Waals surface area (Å²) in [6.07, 6.45) is 1.52. The Labute approximate surface area is 170 Å². The van der Waals surface area contributed by atoms with Crippen molar-refractivity contribution in [3.8, 4) is 11.5 Å². The molecule has 0 bridgehead atoms. The van der Waals surface area contributed by atoms with Crippen molar-refractivity contribution in [3.05, 3.63) is 58.8 Å². The van der Waals surface area contributed by atoms with E-state index in [1.165, 1.54) is 44.6 Å². The molecule has 29 heavy (non-hydrogen) atoms. The second-order valence-electron chi connectivity index (χ2n) is 5.91. The van der Waals surface area contributed by atoms with Gasteiger partial charge in [-0.1, -0.05) is 12.1 Å². The number of halogens is 1. The molecule has 0 spiro atoms. The molecule has 1 aliphatic rings. The third-order valence-corrected chi connectivity index (χ3v) is 4.93. The van der Waals surface area contributed by atoms with Crippen LogP contribution in [0, 0.1) is 5.82 Å². The topological polar surface area (TPSA) is 84.9 Å². The van der Waals surface area contributed by atoms with Gasteiger partial charge in [-0.3, -0.25) is 19.3 Å². The SMILES string of the molecule is COc1cccc(/C=C2\SC(=O)N(CC(=O)Nc3ccc(F)cc3)C2=O)c1OC. The summed E-state index contributed by atoms with van der Waals surface area (Å²) < 4.78 is 23.5. The second-order valence-corrected chi connectivity index (χ2v) is 6.90. The van der Waals surface area contributed by atoms with Crippen LogP contribution in [0.4, 0.5) is 14.9 Å². The summed E-state index contributed by atoms with van der Waals surface area (Å²) >= 11 is 0.732. The first-order valence-electron chi connectivity index (χ1n) is 8.44. The van der Waals surface area contributed by atoms with Crippen LogP contribution in [0.5, 0.6) is 11.5 Å². The number of rotatable bonds is 6. The van der Waals surface area contributed by atoms with E-state index in [0.717, 1.165) is 16.7 Å². The number of methoxy groups -OCH3 is 2. The highest BCUT2D eigenvalue weighted by molar-refractivity contribution is 8.18. The number of anilines is 1. The van der Waals surface area contributed by atoms with E-state index in [4.69, 9.17) is 9.47 Å². The number of hydrogen-bond acceptors (Lipinski definition) is 6. The number of amides is 3. The van der Waals surface area contributed by atoms with E-state index in [1.807, 2.05) is 0 Å². The second kappa shape index (κ2) is 8.78. The summed E-state index contributed by atoms with van der Waals surface area (Å²) in [6, 6.07) is 10.3. The van der Waals surface area contributed by atoms with Crippen LogP contribution in [0.2, 0.25) is 0 Å². The third kappa shape index (κ3) is 4.57. The molecule has 9 heteroatoms. The summed E-state index contributed by atoms with van der Waals surface area (Å²) in [7, 11) is 2.97. The summed E-state index contributed by atoms with van der Waals surface area (Å²) in [6.45, 7) is -0.450. The zero-order valence-corrected chi connectivity index (χ0v) is 16.4. The van der Waals surface area contributed by atoms with Crippen LogP contribution in [0.3, 0.4) is 0 Å². The smallest absolute Gasteiger partial charge is 0.294 e. The van der Waals surface area contributed by atoms with Crippen LogP contribution < -0.4 is 14.8 Å². The lowest BCUT2D eigenvalue weighted by molar-refractivity contribution is -0.127. The van der Waals surface area contributed by atoms with Crippen LogP contribution in [0.15, 0.2) is 47.4 Å². The van der Waals surface area contributed by atoms with Gasteiger partial charge in [-0.25, -0.2) is 4.39 Å². The number of imide groups is 1. The molecular formula is C20H17FN2O5S. The number of benzene rings is 2. The molecule has 0 radical (unpaired) electrons. The summed E-state index contributed by atoms with van der Waals surface area (Å²) in [5.74, 6) is -0.680. The Morgan fingerprint density at radius 3 is 2.52 bits per heavy atom. The fourth-order valence-electron chi connectivity index (χ4n) is 2.68. The Morgan fingerprint density at radius 1 is 1.14 bits per heavy atom. The fraction of sp³-hybridized carbons (Fsp3) is 0.150. The van der Waals surface area contributed by atoms with Gasteiger partial charge in [-0.2, -0.15) is 0 Å². The lowest BCUT2D eigenvalue weighted by Crippen LogP contribution is -2.36. The average molecular weight is 416 g/mol. The van der Waals surface area contributed by atoms with Gasteiger partial charge in [0.2, 0.25) is 5.91 Å². The maximum Gasteiger partial charge on any atom is 0.294 e. The zero-order chi connectivity index (χ0) is 21.0. The van der Waals surface area contributed by atoms with E-state index in [0.29, 0.717) is 22.7 Å². The molecule has 7 nitrogen and oxygen atoms in total. The van der Waals surface area contributed by atoms with Gasteiger partial charge in [-0.15, -0.1) is 0 Å². The number of nitrogens with zero attached hydrogens (tertiary/aromatic N) is 1. The van der Waals surface area contributed by atoms with Crippen LogP contribution in [0.1, 0.15) is 5.56 Å². The minimum Gasteiger partial charge on any atom is -0.493 e. The van der Waals surface area contributed by atoms with Gasteiger partial charge in [-0.05, 0) is 48.2 Å². The van der Waals surface area contributed by atoms with Gasteiger partial charge in [0.1, 0.15) is 12.4 Å². The highest BCUT2D eigenvalue weighted by Crippen LogP contribution is 2.37. The van der Waals surface area contributed by atoms with E-state index in [9.17, 15) is 18.8 Å². The molecule has 1 aliphatic heterocycles. The van der Waals surface area contributed by atoms with E-state index < -0.39 is 29.4 Å². The fourth-order valence-corrected chi connectivity index (χ4v) is 3.51. The Bertz CT molecular complexity index is 991. The molecule has 1 saturated heterocycles. The number of carbonyl (C=O) groups excluding carboxylic acids is 3. The largest absolute Gasteiger partial charge is 0.493 e. The molecule has 0 unspecified atom stereocenters. The van der Waals surface area contributed by atoms with Crippen LogP contribution in [-0.2, 0) is 9.59 Å². The van der Waals surface area contributed by atoms with Crippen molar-refractivity contribution in [1.29, 1.82) is 0 Å². The molecule has 0 saturated carbocycles. The first-order chi connectivity index (χ1) is 13.9. The van der Waals surface area contributed by atoms with Crippen molar-refractivity contribution >= 4 is 40.6 Å². The number of ether oxygens (including phenoxy) is 2. The van der Waals surface area contributed by atoms with E-state index in [-0.39, 0.29) is 4.91 Å². The lowest BCUT2D eigenvalue weighted by atomic mass is 10.1. The first-order valence-corrected chi connectivity index (χ1v) is 9.26. The number of thioether (sulfide) groups is 1. The molecule has 1 heterocycles. The molecular weight excluding hydrogens is 399 g/mol. The van der Waals surface area contributed by atoms with Crippen molar-refractivity contribution < 1.29 is 28.2 Å². The minimum absolute atomic E-state index is 0.163. The van der Waals surface area contributed by atoms with Crippen LogP contribution in [-0.4, -0.2) is 42.7 Å². The van der Waals surface area contributed by atoms with Crippen molar-refractivity contribution in [3.63, 3.8) is 0 Å². The van der Waals surface area contributed by atoms with Gasteiger partial charge < -0.3 is 14.8 Å². The van der Waals surface area contributed by atoms with Crippen LogP contribution >= 0.6 is 11.8 Å². The molecule has 0 aliphatic carbocycles. The Morgan fingerprint density at radius 2 is 1.86 bits per heavy atom. The van der Waals surface area contributed by atoms with Gasteiger partial charge in [0, 0.05) is 11.3 Å². The monoisotopic (exact) mass is 416 g/mol. The molecule has 2 aromatic rings. The predicted octanol–water partition coefficient (Wildman–Crippen LogP) is 3.52. The highest BCUT2D eigenvalue weighted by Gasteiger charge is 2.36. The number of carbonyl (C=O) groups is 3. The minimum atomic E-state index is -0.584. The van der Waals surface area contributed by atoms with Crippen molar-refractivity contribution in [1.82, 2.24) is 4.90 Å². The zero-order valence-electron chi connectivity index (χ0n) is 15.6. The van der Waals surface area contributed by atoms with Gasteiger partial charge >= 0.3 is 0 Å². The van der Waals surface area contributed by atoms with Gasteiger partial charge in [0.25, 0.3) is 11.1 Å². The molecule has 3 amide bonds. The average Bonchev–Trinajstić information content (AvgIpc) is 2.96. The quantitative estimate of drug-likeness (QED) is 0.726. The van der Waals surface area contributed by atoms with Crippen molar-refractivity contribution in [2.45, 2.75) is 0 Å². The van der Waals surface area contributed by atoms with E-state index in [1.54, 1.807) is 18.2 Å². The van der Waals surface area contributed by atoms with Crippen LogP contribution in [0.25, 0.3) is 6.08 Å². The number of para-hydroxylation sites is 1. The number of hydrogen-bond donors (Lipinski definition) is 1. The van der Waals surface area contributed by atoms with Gasteiger partial charge in [0.15, 0.2) is 11.5 Å². The third-order valence-electron chi connectivity index (χ3n) is 4.02. The number of nitrogens with one attached hydrogen (secondary N) is 1. The van der Waals surface area contributed by atoms with E-state index >= 15 is 0 Å². The molecule has 0 atom stereocenters. The summed E-state index contributed by atoms with van der Waals surface area (Å²) in [4.78, 5) is 38.0. The van der Waals surface area contributed by atoms with Crippen molar-refractivity contribution in [2.24, 2.45) is 0 Å². The summed E-state index contributed by atoms with van der Waals surface area (Å²) in [5.41, 5.74) is 0.924. The maximum absolute atomic E-state index is 12.9. The predicted molar refractivity (Wildman–Crippen MR) is 107 cm³/mol. The van der Waals surface area contributed by atoms with Gasteiger partial charge in [0.05, 0.1) is 19.1 Å². The normalized spacial score (nSPS) is 15.0. The first kappa shape index (κ1) is 20.4. The highest BCUT2D eigenvalue weighted by atomic mass is 32.2. The molecule has 0 aromatic heterocycles. The molecule has 150 valence electrons. The van der Waals surface area contributed by atoms with E-state index in [2.05, 4.69) is 5.32 Å². The summed E-state index contributed by atoms with van der Waals surface area (Å²) in [5, 5.41) is 1.96. The Hall–Kier alpha value is -3.33.